The lowest BCUT2D eigenvalue weighted by molar-refractivity contribution is -0.133. The van der Waals surface area contributed by atoms with E-state index in [1.54, 1.807) is 12.4 Å². The van der Waals surface area contributed by atoms with Crippen molar-refractivity contribution in [2.24, 2.45) is 0 Å². The highest BCUT2D eigenvalue weighted by Crippen LogP contribution is 2.38. The van der Waals surface area contributed by atoms with Gasteiger partial charge in [0.2, 0.25) is 5.91 Å². The Morgan fingerprint density at radius 3 is 3.00 bits per heavy atom. The number of piperidine rings is 1. The minimum Gasteiger partial charge on any atom is -0.354 e. The van der Waals surface area contributed by atoms with Crippen molar-refractivity contribution in [1.82, 2.24) is 41.1 Å². The zero-order chi connectivity index (χ0) is 18.7. The molecule has 2 saturated heterocycles. The van der Waals surface area contributed by atoms with Crippen LogP contribution in [0.5, 0.6) is 0 Å². The van der Waals surface area contributed by atoms with Crippen molar-refractivity contribution in [3.8, 4) is 0 Å². The molecule has 0 unspecified atom stereocenters. The molecule has 0 radical (unpaired) electrons. The number of aromatic amines is 2. The van der Waals surface area contributed by atoms with Gasteiger partial charge in [-0.15, -0.1) is 0 Å². The molecule has 0 bridgehead atoms. The first-order valence-electron chi connectivity index (χ1n) is 9.35. The molecular formula is C17H24N8O2. The summed E-state index contributed by atoms with van der Waals surface area (Å²) in [4.78, 5) is 27.6. The Kier molecular flexibility index (Phi) is 4.88. The zero-order valence-corrected chi connectivity index (χ0v) is 15.1. The summed E-state index contributed by atoms with van der Waals surface area (Å²) in [5.74, 6) is -0.110. The third-order valence-corrected chi connectivity index (χ3v) is 5.55. The van der Waals surface area contributed by atoms with Gasteiger partial charge in [-0.2, -0.15) is 20.5 Å². The van der Waals surface area contributed by atoms with Crippen LogP contribution >= 0.6 is 0 Å². The molecule has 0 aromatic carbocycles. The Morgan fingerprint density at radius 2 is 2.22 bits per heavy atom. The third-order valence-electron chi connectivity index (χ3n) is 5.55. The molecule has 0 spiro atoms. The summed E-state index contributed by atoms with van der Waals surface area (Å²) in [6.45, 7) is 2.10. The van der Waals surface area contributed by atoms with Crippen LogP contribution in [0.25, 0.3) is 0 Å². The fourth-order valence-electron chi connectivity index (χ4n) is 4.23. The molecule has 10 heteroatoms. The van der Waals surface area contributed by atoms with Gasteiger partial charge >= 0.3 is 0 Å². The topological polar surface area (TPSA) is 132 Å². The van der Waals surface area contributed by atoms with Crippen LogP contribution in [0.4, 0.5) is 0 Å². The Labute approximate surface area is 156 Å². The number of carbonyl (C=O) groups excluding carboxylic acids is 2. The Hall–Kier alpha value is -2.75. The smallest absolute Gasteiger partial charge is 0.254 e. The average molecular weight is 372 g/mol. The lowest BCUT2D eigenvalue weighted by Crippen LogP contribution is -2.57. The van der Waals surface area contributed by atoms with E-state index in [1.165, 1.54) is 6.20 Å². The van der Waals surface area contributed by atoms with Crippen LogP contribution in [-0.4, -0.2) is 73.5 Å². The highest BCUT2D eigenvalue weighted by molar-refractivity contribution is 5.94. The lowest BCUT2D eigenvalue weighted by atomic mass is 9.84. The SMILES string of the molecule is O=C(N[C@@H]1CN2CCCC[C@@]2(C(=O)NCCc2cn[nH]n2)C1)c1cn[nH]c1. The number of carbonyl (C=O) groups is 2. The van der Waals surface area contributed by atoms with Crippen LogP contribution in [-0.2, 0) is 11.2 Å². The summed E-state index contributed by atoms with van der Waals surface area (Å²) < 4.78 is 0. The van der Waals surface area contributed by atoms with E-state index in [0.717, 1.165) is 31.5 Å². The van der Waals surface area contributed by atoms with E-state index in [2.05, 4.69) is 41.1 Å². The number of nitrogens with one attached hydrogen (secondary N) is 4. The van der Waals surface area contributed by atoms with E-state index < -0.39 is 5.54 Å². The van der Waals surface area contributed by atoms with Crippen LogP contribution in [0, 0.1) is 0 Å². The van der Waals surface area contributed by atoms with Gasteiger partial charge in [-0.1, -0.05) is 0 Å². The van der Waals surface area contributed by atoms with Gasteiger partial charge in [-0.3, -0.25) is 19.6 Å². The number of rotatable bonds is 6. The Morgan fingerprint density at radius 1 is 1.30 bits per heavy atom. The van der Waals surface area contributed by atoms with Gasteiger partial charge < -0.3 is 10.6 Å². The monoisotopic (exact) mass is 372 g/mol. The van der Waals surface area contributed by atoms with Gasteiger partial charge in [0, 0.05) is 31.7 Å². The molecule has 0 saturated carbocycles. The number of amides is 2. The molecule has 144 valence electrons. The molecule has 2 aromatic rings. The minimum absolute atomic E-state index is 0.0470. The van der Waals surface area contributed by atoms with Crippen molar-refractivity contribution < 1.29 is 9.59 Å². The molecule has 0 aliphatic carbocycles. The first-order chi connectivity index (χ1) is 13.2. The van der Waals surface area contributed by atoms with E-state index in [9.17, 15) is 9.59 Å². The van der Waals surface area contributed by atoms with E-state index >= 15 is 0 Å². The molecule has 10 nitrogen and oxygen atoms in total. The molecule has 27 heavy (non-hydrogen) atoms. The number of hydrogen-bond donors (Lipinski definition) is 4. The van der Waals surface area contributed by atoms with Crippen molar-refractivity contribution >= 4 is 11.8 Å². The van der Waals surface area contributed by atoms with Gasteiger partial charge in [0.1, 0.15) is 5.54 Å². The Balaban J connectivity index is 1.39. The molecule has 4 rings (SSSR count). The van der Waals surface area contributed by atoms with Crippen LogP contribution < -0.4 is 10.6 Å². The number of H-pyrrole nitrogens is 2. The first-order valence-corrected chi connectivity index (χ1v) is 9.35. The molecule has 2 atom stereocenters. The largest absolute Gasteiger partial charge is 0.354 e. The van der Waals surface area contributed by atoms with Gasteiger partial charge in [-0.05, 0) is 32.2 Å². The van der Waals surface area contributed by atoms with Crippen molar-refractivity contribution in [2.45, 2.75) is 43.7 Å². The molecular weight excluding hydrogens is 348 g/mol. The van der Waals surface area contributed by atoms with Gasteiger partial charge in [0.15, 0.2) is 0 Å². The van der Waals surface area contributed by atoms with Crippen LogP contribution in [0.2, 0.25) is 0 Å². The molecule has 2 aromatic heterocycles. The van der Waals surface area contributed by atoms with Crippen LogP contribution in [0.1, 0.15) is 41.7 Å². The first kappa shape index (κ1) is 17.7. The number of nitrogens with zero attached hydrogens (tertiary/aromatic N) is 4. The second-order valence-electron chi connectivity index (χ2n) is 7.26. The maximum atomic E-state index is 13.1. The standard InChI is InChI=1S/C17H24N8O2/c26-15(12-8-19-20-9-12)22-14-7-17(4-1-2-6-25(17)11-14)16(27)18-5-3-13-10-21-24-23-13/h8-10,14H,1-7,11H2,(H,18,27)(H,19,20)(H,22,26)(H,21,23,24)/t14-,17-/m0/s1. The highest BCUT2D eigenvalue weighted by atomic mass is 16.2. The van der Waals surface area contributed by atoms with E-state index in [-0.39, 0.29) is 17.9 Å². The van der Waals surface area contributed by atoms with E-state index in [1.807, 2.05) is 0 Å². The predicted octanol–water partition coefficient (Wildman–Crippen LogP) is -0.386. The second-order valence-corrected chi connectivity index (χ2v) is 7.26. The van der Waals surface area contributed by atoms with Gasteiger partial charge in [-0.25, -0.2) is 0 Å². The summed E-state index contributed by atoms with van der Waals surface area (Å²) in [5.41, 5.74) is 0.798. The number of hydrogen-bond acceptors (Lipinski definition) is 6. The zero-order valence-electron chi connectivity index (χ0n) is 15.1. The molecule has 2 fully saturated rings. The molecule has 2 aliphatic rings. The summed E-state index contributed by atoms with van der Waals surface area (Å²) in [5, 5.41) is 22.9. The summed E-state index contributed by atoms with van der Waals surface area (Å²) in [6.07, 6.45) is 8.93. The molecule has 4 heterocycles. The molecule has 2 amide bonds. The summed E-state index contributed by atoms with van der Waals surface area (Å²) >= 11 is 0. The number of fused-ring (bicyclic) bond motifs is 1. The molecule has 2 aliphatic heterocycles. The van der Waals surface area contributed by atoms with Crippen molar-refractivity contribution in [3.63, 3.8) is 0 Å². The van der Waals surface area contributed by atoms with Crippen molar-refractivity contribution in [3.05, 3.63) is 29.8 Å². The average Bonchev–Trinajstić information content (AvgIpc) is 3.41. The van der Waals surface area contributed by atoms with Gasteiger partial charge in [0.25, 0.3) is 5.91 Å². The summed E-state index contributed by atoms with van der Waals surface area (Å²) in [6, 6.07) is -0.0493. The van der Waals surface area contributed by atoms with Crippen molar-refractivity contribution in [1.29, 1.82) is 0 Å². The maximum absolute atomic E-state index is 13.1. The van der Waals surface area contributed by atoms with Crippen molar-refractivity contribution in [2.75, 3.05) is 19.6 Å². The number of aromatic nitrogens is 5. The minimum atomic E-state index is -0.531. The Bertz CT molecular complexity index is 775. The van der Waals surface area contributed by atoms with E-state index in [4.69, 9.17) is 0 Å². The fourth-order valence-corrected chi connectivity index (χ4v) is 4.23. The van der Waals surface area contributed by atoms with Gasteiger partial charge in [0.05, 0.1) is 23.7 Å². The highest BCUT2D eigenvalue weighted by Gasteiger charge is 2.52. The lowest BCUT2D eigenvalue weighted by Gasteiger charge is -2.40. The quantitative estimate of drug-likeness (QED) is 0.546. The fraction of sp³-hybridized carbons (Fsp3) is 0.588. The second kappa shape index (κ2) is 7.47. The molecule has 4 N–H and O–H groups in total. The normalized spacial score (nSPS) is 25.1. The van der Waals surface area contributed by atoms with E-state index in [0.29, 0.717) is 31.5 Å². The maximum Gasteiger partial charge on any atom is 0.254 e. The van der Waals surface area contributed by atoms with Crippen LogP contribution in [0.15, 0.2) is 18.6 Å². The third kappa shape index (κ3) is 3.57. The predicted molar refractivity (Wildman–Crippen MR) is 95.7 cm³/mol. The summed E-state index contributed by atoms with van der Waals surface area (Å²) in [7, 11) is 0. The van der Waals surface area contributed by atoms with Crippen LogP contribution in [0.3, 0.4) is 0 Å².